The van der Waals surface area contributed by atoms with Gasteiger partial charge in [-0.05, 0) is 48.6 Å². The second-order valence-electron chi connectivity index (χ2n) is 4.64. The number of carboxylic acids is 1. The van der Waals surface area contributed by atoms with Crippen molar-refractivity contribution in [2.24, 2.45) is 0 Å². The van der Waals surface area contributed by atoms with Crippen molar-refractivity contribution >= 4 is 5.97 Å². The quantitative estimate of drug-likeness (QED) is 0.892. The fourth-order valence-electron chi connectivity index (χ4n) is 2.25. The number of hydrogen-bond acceptors (Lipinski definition) is 2. The summed E-state index contributed by atoms with van der Waals surface area (Å²) >= 11 is 0. The SMILES string of the molecule is Cc1ccccc1C(CCc1ccncc1)C(=O)O. The van der Waals surface area contributed by atoms with E-state index in [1.807, 2.05) is 43.3 Å². The van der Waals surface area contributed by atoms with Gasteiger partial charge < -0.3 is 5.11 Å². The van der Waals surface area contributed by atoms with E-state index in [1.54, 1.807) is 12.4 Å². The van der Waals surface area contributed by atoms with E-state index < -0.39 is 11.9 Å². The highest BCUT2D eigenvalue weighted by atomic mass is 16.4. The maximum absolute atomic E-state index is 11.5. The molecule has 1 heterocycles. The molecule has 0 fully saturated rings. The monoisotopic (exact) mass is 255 g/mol. The Labute approximate surface area is 112 Å². The van der Waals surface area contributed by atoms with E-state index in [-0.39, 0.29) is 0 Å². The molecule has 98 valence electrons. The number of aryl methyl sites for hydroxylation is 2. The second-order valence-corrected chi connectivity index (χ2v) is 4.64. The van der Waals surface area contributed by atoms with Gasteiger partial charge in [-0.2, -0.15) is 0 Å². The Hall–Kier alpha value is -2.16. The van der Waals surface area contributed by atoms with Gasteiger partial charge in [-0.3, -0.25) is 9.78 Å². The van der Waals surface area contributed by atoms with Gasteiger partial charge in [0.2, 0.25) is 0 Å². The lowest BCUT2D eigenvalue weighted by atomic mass is 9.90. The Morgan fingerprint density at radius 3 is 2.53 bits per heavy atom. The molecule has 0 aliphatic carbocycles. The molecule has 3 heteroatoms. The molecule has 19 heavy (non-hydrogen) atoms. The first kappa shape index (κ1) is 13.3. The zero-order valence-electron chi connectivity index (χ0n) is 10.9. The fraction of sp³-hybridized carbons (Fsp3) is 0.250. The van der Waals surface area contributed by atoms with Crippen LogP contribution in [0.25, 0.3) is 0 Å². The van der Waals surface area contributed by atoms with Gasteiger partial charge in [-0.15, -0.1) is 0 Å². The highest BCUT2D eigenvalue weighted by Crippen LogP contribution is 2.25. The number of carboxylic acid groups (broad SMARTS) is 1. The van der Waals surface area contributed by atoms with Gasteiger partial charge in [0.1, 0.15) is 0 Å². The second kappa shape index (κ2) is 6.14. The van der Waals surface area contributed by atoms with E-state index in [4.69, 9.17) is 0 Å². The minimum atomic E-state index is -0.761. The average molecular weight is 255 g/mol. The van der Waals surface area contributed by atoms with Crippen LogP contribution in [0.1, 0.15) is 29.0 Å². The van der Waals surface area contributed by atoms with Crippen LogP contribution in [0.15, 0.2) is 48.8 Å². The highest BCUT2D eigenvalue weighted by molar-refractivity contribution is 5.76. The number of pyridine rings is 1. The predicted octanol–water partition coefficient (Wildman–Crippen LogP) is 3.19. The van der Waals surface area contributed by atoms with Crippen LogP contribution in [0.3, 0.4) is 0 Å². The van der Waals surface area contributed by atoms with Crippen molar-refractivity contribution in [3.63, 3.8) is 0 Å². The summed E-state index contributed by atoms with van der Waals surface area (Å²) in [6.45, 7) is 1.96. The van der Waals surface area contributed by atoms with Gasteiger partial charge in [-0.1, -0.05) is 24.3 Å². The van der Waals surface area contributed by atoms with Crippen LogP contribution in [0.5, 0.6) is 0 Å². The standard InChI is InChI=1S/C16H17NO2/c1-12-4-2-3-5-14(12)15(16(18)19)7-6-13-8-10-17-11-9-13/h2-5,8-11,15H,6-7H2,1H3,(H,18,19). The van der Waals surface area contributed by atoms with Crippen LogP contribution in [0, 0.1) is 6.92 Å². The van der Waals surface area contributed by atoms with E-state index in [1.165, 1.54) is 0 Å². The van der Waals surface area contributed by atoms with Crippen LogP contribution in [0.2, 0.25) is 0 Å². The molecule has 0 aliphatic heterocycles. The van der Waals surface area contributed by atoms with E-state index in [9.17, 15) is 9.90 Å². The number of nitrogens with zero attached hydrogens (tertiary/aromatic N) is 1. The van der Waals surface area contributed by atoms with Crippen molar-refractivity contribution in [3.05, 3.63) is 65.5 Å². The van der Waals surface area contributed by atoms with Gasteiger partial charge in [-0.25, -0.2) is 0 Å². The molecule has 0 saturated heterocycles. The van der Waals surface area contributed by atoms with Crippen molar-refractivity contribution < 1.29 is 9.90 Å². The van der Waals surface area contributed by atoms with E-state index >= 15 is 0 Å². The summed E-state index contributed by atoms with van der Waals surface area (Å²) in [5, 5.41) is 9.42. The van der Waals surface area contributed by atoms with E-state index in [0.29, 0.717) is 6.42 Å². The zero-order chi connectivity index (χ0) is 13.7. The third-order valence-corrected chi connectivity index (χ3v) is 3.33. The lowest BCUT2D eigenvalue weighted by Crippen LogP contribution is -2.13. The molecule has 1 aromatic heterocycles. The Balaban J connectivity index is 2.14. The van der Waals surface area contributed by atoms with Crippen LogP contribution >= 0.6 is 0 Å². The van der Waals surface area contributed by atoms with Gasteiger partial charge in [0.25, 0.3) is 0 Å². The number of rotatable bonds is 5. The molecule has 1 aromatic carbocycles. The normalized spacial score (nSPS) is 12.1. The maximum atomic E-state index is 11.5. The summed E-state index contributed by atoms with van der Waals surface area (Å²) < 4.78 is 0. The molecule has 3 nitrogen and oxygen atoms in total. The minimum Gasteiger partial charge on any atom is -0.481 e. The molecule has 0 radical (unpaired) electrons. The summed E-state index contributed by atoms with van der Waals surface area (Å²) in [5.41, 5.74) is 3.06. The summed E-state index contributed by atoms with van der Waals surface area (Å²) in [6.07, 6.45) is 4.82. The third-order valence-electron chi connectivity index (χ3n) is 3.33. The first-order valence-electron chi connectivity index (χ1n) is 6.35. The Kier molecular flexibility index (Phi) is 4.29. The van der Waals surface area contributed by atoms with Gasteiger partial charge in [0.15, 0.2) is 0 Å². The Morgan fingerprint density at radius 1 is 1.21 bits per heavy atom. The van der Waals surface area contributed by atoms with Crippen LogP contribution in [-0.2, 0) is 11.2 Å². The molecule has 2 rings (SSSR count). The first-order valence-corrected chi connectivity index (χ1v) is 6.35. The van der Waals surface area contributed by atoms with Gasteiger partial charge >= 0.3 is 5.97 Å². The number of carbonyl (C=O) groups is 1. The largest absolute Gasteiger partial charge is 0.481 e. The number of hydrogen-bond donors (Lipinski definition) is 1. The van der Waals surface area contributed by atoms with Crippen LogP contribution < -0.4 is 0 Å². The van der Waals surface area contributed by atoms with Crippen molar-refractivity contribution in [2.45, 2.75) is 25.7 Å². The third kappa shape index (κ3) is 3.41. The van der Waals surface area contributed by atoms with Gasteiger partial charge in [0, 0.05) is 12.4 Å². The molecule has 0 aliphatic rings. The molecule has 1 unspecified atom stereocenters. The molecule has 2 aromatic rings. The molecular weight excluding hydrogens is 238 g/mol. The van der Waals surface area contributed by atoms with Gasteiger partial charge in [0.05, 0.1) is 5.92 Å². The Bertz CT molecular complexity index is 552. The molecule has 0 saturated carbocycles. The molecule has 1 atom stereocenters. The zero-order valence-corrected chi connectivity index (χ0v) is 10.9. The average Bonchev–Trinajstić information content (AvgIpc) is 2.42. The fourth-order valence-corrected chi connectivity index (χ4v) is 2.25. The van der Waals surface area contributed by atoms with Crippen molar-refractivity contribution in [3.8, 4) is 0 Å². The van der Waals surface area contributed by atoms with Crippen molar-refractivity contribution in [1.29, 1.82) is 0 Å². The van der Waals surface area contributed by atoms with Crippen LogP contribution in [-0.4, -0.2) is 16.1 Å². The number of aliphatic carboxylic acids is 1. The predicted molar refractivity (Wildman–Crippen MR) is 74.1 cm³/mol. The van der Waals surface area contributed by atoms with E-state index in [2.05, 4.69) is 4.98 Å². The summed E-state index contributed by atoms with van der Waals surface area (Å²) in [6, 6.07) is 11.5. The number of benzene rings is 1. The van der Waals surface area contributed by atoms with Crippen molar-refractivity contribution in [1.82, 2.24) is 4.98 Å². The Morgan fingerprint density at radius 2 is 1.89 bits per heavy atom. The first-order chi connectivity index (χ1) is 9.18. The lowest BCUT2D eigenvalue weighted by molar-refractivity contribution is -0.139. The topological polar surface area (TPSA) is 50.2 Å². The molecule has 0 amide bonds. The summed E-state index contributed by atoms with van der Waals surface area (Å²) in [7, 11) is 0. The lowest BCUT2D eigenvalue weighted by Gasteiger charge is -2.15. The molecule has 1 N–H and O–H groups in total. The molecule has 0 bridgehead atoms. The summed E-state index contributed by atoms with van der Waals surface area (Å²) in [4.78, 5) is 15.4. The molecule has 0 spiro atoms. The molecular formula is C16H17NO2. The number of aromatic nitrogens is 1. The highest BCUT2D eigenvalue weighted by Gasteiger charge is 2.20. The van der Waals surface area contributed by atoms with Crippen LogP contribution in [0.4, 0.5) is 0 Å². The summed E-state index contributed by atoms with van der Waals surface area (Å²) in [5.74, 6) is -1.21. The minimum absolute atomic E-state index is 0.450. The smallest absolute Gasteiger partial charge is 0.310 e. The van der Waals surface area contributed by atoms with E-state index in [0.717, 1.165) is 23.1 Å². The van der Waals surface area contributed by atoms with Crippen molar-refractivity contribution in [2.75, 3.05) is 0 Å². The maximum Gasteiger partial charge on any atom is 0.310 e.